The van der Waals surface area contributed by atoms with Crippen LogP contribution < -0.4 is 0 Å². The Bertz CT molecular complexity index is 239. The molecule has 3 rings (SSSR count). The Labute approximate surface area is 90.4 Å². The first kappa shape index (κ1) is 10.1. The van der Waals surface area contributed by atoms with Crippen molar-refractivity contribution >= 4 is 0 Å². The Morgan fingerprint density at radius 3 is 2.60 bits per heavy atom. The minimum atomic E-state index is -0.618. The summed E-state index contributed by atoms with van der Waals surface area (Å²) in [6, 6.07) is 0. The molecule has 2 aliphatic carbocycles. The van der Waals surface area contributed by atoms with Crippen LogP contribution in [0.5, 0.6) is 0 Å². The summed E-state index contributed by atoms with van der Waals surface area (Å²) in [5, 5.41) is 20.0. The Morgan fingerprint density at radius 1 is 0.933 bits per heavy atom. The highest BCUT2D eigenvalue weighted by atomic mass is 16.6. The largest absolute Gasteiger partial charge is 0.392 e. The molecule has 0 radical (unpaired) electrons. The minimum Gasteiger partial charge on any atom is -0.392 e. The first-order valence-corrected chi connectivity index (χ1v) is 6.25. The van der Waals surface area contributed by atoms with E-state index in [0.29, 0.717) is 18.4 Å². The highest BCUT2D eigenvalue weighted by Crippen LogP contribution is 2.48. The molecule has 1 saturated heterocycles. The second-order valence-electron chi connectivity index (χ2n) is 5.49. The number of hydrogen-bond donors (Lipinski definition) is 2. The SMILES string of the molecule is O[C@H]1[C@H]2CO[C@H](O)[C@H]2C[C@H]2CCCC[C@@H]21. The number of fused-ring (bicyclic) bond motifs is 2. The molecule has 3 fully saturated rings. The summed E-state index contributed by atoms with van der Waals surface area (Å²) in [5.74, 6) is 1.50. The molecule has 6 atom stereocenters. The molecule has 0 bridgehead atoms. The van der Waals surface area contributed by atoms with E-state index in [1.807, 2.05) is 0 Å². The Kier molecular flexibility index (Phi) is 2.49. The van der Waals surface area contributed by atoms with E-state index >= 15 is 0 Å². The predicted octanol–water partition coefficient (Wildman–Crippen LogP) is 1.14. The van der Waals surface area contributed by atoms with Crippen molar-refractivity contribution < 1.29 is 14.9 Å². The zero-order valence-corrected chi connectivity index (χ0v) is 9.01. The van der Waals surface area contributed by atoms with E-state index in [-0.39, 0.29) is 17.9 Å². The second-order valence-corrected chi connectivity index (χ2v) is 5.49. The van der Waals surface area contributed by atoms with Gasteiger partial charge in [-0.25, -0.2) is 0 Å². The molecule has 15 heavy (non-hydrogen) atoms. The first-order valence-electron chi connectivity index (χ1n) is 6.25. The van der Waals surface area contributed by atoms with E-state index in [0.717, 1.165) is 6.42 Å². The molecule has 0 aromatic heterocycles. The molecule has 3 heteroatoms. The molecular formula is C12H20O3. The van der Waals surface area contributed by atoms with Crippen molar-refractivity contribution in [3.8, 4) is 0 Å². The van der Waals surface area contributed by atoms with Gasteiger partial charge in [-0.3, -0.25) is 0 Å². The number of aliphatic hydroxyl groups is 2. The number of hydrogen-bond acceptors (Lipinski definition) is 3. The normalized spacial score (nSPS) is 54.8. The summed E-state index contributed by atoms with van der Waals surface area (Å²) in [6.45, 7) is 0.552. The molecule has 0 aromatic carbocycles. The smallest absolute Gasteiger partial charge is 0.157 e. The van der Waals surface area contributed by atoms with Crippen molar-refractivity contribution in [2.45, 2.75) is 44.5 Å². The monoisotopic (exact) mass is 212 g/mol. The lowest BCUT2D eigenvalue weighted by atomic mass is 9.62. The van der Waals surface area contributed by atoms with Crippen LogP contribution in [0, 0.1) is 23.7 Å². The molecule has 0 spiro atoms. The van der Waals surface area contributed by atoms with Crippen LogP contribution in [0.4, 0.5) is 0 Å². The Morgan fingerprint density at radius 2 is 1.73 bits per heavy atom. The molecule has 1 heterocycles. The summed E-state index contributed by atoms with van der Waals surface area (Å²) in [4.78, 5) is 0. The molecular weight excluding hydrogens is 192 g/mol. The molecule has 3 nitrogen and oxygen atoms in total. The average molecular weight is 212 g/mol. The third kappa shape index (κ3) is 1.52. The number of rotatable bonds is 0. The summed E-state index contributed by atoms with van der Waals surface area (Å²) >= 11 is 0. The maximum absolute atomic E-state index is 10.3. The van der Waals surface area contributed by atoms with Gasteiger partial charge < -0.3 is 14.9 Å². The number of ether oxygens (including phenoxy) is 1. The van der Waals surface area contributed by atoms with Crippen molar-refractivity contribution in [1.82, 2.24) is 0 Å². The molecule has 2 saturated carbocycles. The minimum absolute atomic E-state index is 0.194. The van der Waals surface area contributed by atoms with Crippen LogP contribution in [0.15, 0.2) is 0 Å². The van der Waals surface area contributed by atoms with Crippen LogP contribution >= 0.6 is 0 Å². The van der Waals surface area contributed by atoms with Gasteiger partial charge in [0.25, 0.3) is 0 Å². The van der Waals surface area contributed by atoms with Gasteiger partial charge in [0.15, 0.2) is 6.29 Å². The Balaban J connectivity index is 1.80. The number of aliphatic hydroxyl groups excluding tert-OH is 2. The quantitative estimate of drug-likeness (QED) is 0.633. The summed E-state index contributed by atoms with van der Waals surface area (Å²) in [7, 11) is 0. The van der Waals surface area contributed by atoms with Crippen molar-refractivity contribution in [2.75, 3.05) is 6.61 Å². The summed E-state index contributed by atoms with van der Waals surface area (Å²) < 4.78 is 5.27. The fourth-order valence-corrected chi connectivity index (χ4v) is 3.96. The standard InChI is InChI=1S/C12H20O3/c13-11-8-4-2-1-3-7(8)5-9-10(11)6-15-12(9)14/h7-14H,1-6H2/t7-,8+,9+,10+,11-,12+/m1/s1. The van der Waals surface area contributed by atoms with Gasteiger partial charge >= 0.3 is 0 Å². The highest BCUT2D eigenvalue weighted by Gasteiger charge is 2.50. The van der Waals surface area contributed by atoms with Gasteiger partial charge in [0.05, 0.1) is 12.7 Å². The molecule has 2 N–H and O–H groups in total. The van der Waals surface area contributed by atoms with Gasteiger partial charge in [0.1, 0.15) is 0 Å². The highest BCUT2D eigenvalue weighted by molar-refractivity contribution is 4.96. The van der Waals surface area contributed by atoms with E-state index in [2.05, 4.69) is 0 Å². The average Bonchev–Trinajstić information content (AvgIpc) is 2.62. The van der Waals surface area contributed by atoms with Crippen molar-refractivity contribution in [3.05, 3.63) is 0 Å². The molecule has 0 amide bonds. The van der Waals surface area contributed by atoms with E-state index in [4.69, 9.17) is 4.74 Å². The first-order chi connectivity index (χ1) is 7.27. The lowest BCUT2D eigenvalue weighted by Gasteiger charge is -2.44. The zero-order valence-electron chi connectivity index (χ0n) is 9.01. The van der Waals surface area contributed by atoms with Crippen LogP contribution in [-0.4, -0.2) is 29.2 Å². The van der Waals surface area contributed by atoms with Gasteiger partial charge in [-0.2, -0.15) is 0 Å². The van der Waals surface area contributed by atoms with Crippen molar-refractivity contribution in [3.63, 3.8) is 0 Å². The zero-order chi connectivity index (χ0) is 10.4. The van der Waals surface area contributed by atoms with Crippen LogP contribution in [0.2, 0.25) is 0 Å². The van der Waals surface area contributed by atoms with Gasteiger partial charge in [-0.1, -0.05) is 19.3 Å². The maximum atomic E-state index is 10.3. The second kappa shape index (κ2) is 3.72. The maximum Gasteiger partial charge on any atom is 0.157 e. The lowest BCUT2D eigenvalue weighted by molar-refractivity contribution is -0.102. The van der Waals surface area contributed by atoms with Crippen LogP contribution in [-0.2, 0) is 4.74 Å². The van der Waals surface area contributed by atoms with E-state index < -0.39 is 6.29 Å². The van der Waals surface area contributed by atoms with Gasteiger partial charge in [0.2, 0.25) is 0 Å². The van der Waals surface area contributed by atoms with Crippen molar-refractivity contribution in [2.24, 2.45) is 23.7 Å². The van der Waals surface area contributed by atoms with Crippen LogP contribution in [0.3, 0.4) is 0 Å². The molecule has 0 unspecified atom stereocenters. The molecule has 3 aliphatic rings. The fourth-order valence-electron chi connectivity index (χ4n) is 3.96. The lowest BCUT2D eigenvalue weighted by Crippen LogP contribution is -2.46. The van der Waals surface area contributed by atoms with E-state index in [1.54, 1.807) is 0 Å². The molecule has 86 valence electrons. The van der Waals surface area contributed by atoms with Gasteiger partial charge in [0, 0.05) is 11.8 Å². The fraction of sp³-hybridized carbons (Fsp3) is 1.00. The Hall–Kier alpha value is -0.120. The third-order valence-electron chi connectivity index (χ3n) is 4.80. The predicted molar refractivity (Wildman–Crippen MR) is 55.0 cm³/mol. The summed E-state index contributed by atoms with van der Waals surface area (Å²) in [6.07, 6.45) is 5.18. The van der Waals surface area contributed by atoms with E-state index in [9.17, 15) is 10.2 Å². The molecule has 0 aromatic rings. The third-order valence-corrected chi connectivity index (χ3v) is 4.80. The van der Waals surface area contributed by atoms with Crippen LogP contribution in [0.25, 0.3) is 0 Å². The van der Waals surface area contributed by atoms with Crippen molar-refractivity contribution in [1.29, 1.82) is 0 Å². The van der Waals surface area contributed by atoms with E-state index in [1.165, 1.54) is 25.7 Å². The van der Waals surface area contributed by atoms with Gasteiger partial charge in [-0.05, 0) is 24.7 Å². The molecule has 1 aliphatic heterocycles. The van der Waals surface area contributed by atoms with Crippen LogP contribution in [0.1, 0.15) is 32.1 Å². The summed E-state index contributed by atoms with van der Waals surface area (Å²) in [5.41, 5.74) is 0. The topological polar surface area (TPSA) is 49.7 Å². The van der Waals surface area contributed by atoms with Gasteiger partial charge in [-0.15, -0.1) is 0 Å².